The van der Waals surface area contributed by atoms with Crippen LogP contribution in [0.25, 0.3) is 0 Å². The van der Waals surface area contributed by atoms with Gasteiger partial charge in [-0.25, -0.2) is 14.4 Å². The minimum absolute atomic E-state index is 0.145. The monoisotopic (exact) mass is 314 g/mol. The van der Waals surface area contributed by atoms with Gasteiger partial charge in [0.25, 0.3) is 5.91 Å². The van der Waals surface area contributed by atoms with Gasteiger partial charge in [0.05, 0.1) is 11.3 Å². The zero-order valence-electron chi connectivity index (χ0n) is 13.0. The molecule has 1 aliphatic rings. The van der Waals surface area contributed by atoms with Gasteiger partial charge in [-0.15, -0.1) is 0 Å². The SMILES string of the molecule is CC1CCCN(c2ncc(C(=O)Nc3ccccc3F)cn2)C1. The van der Waals surface area contributed by atoms with Crippen molar-refractivity contribution in [2.45, 2.75) is 19.8 Å². The molecule has 1 atom stereocenters. The predicted octanol–water partition coefficient (Wildman–Crippen LogP) is 3.10. The number of rotatable bonds is 3. The van der Waals surface area contributed by atoms with Crippen LogP contribution in [0.3, 0.4) is 0 Å². The topological polar surface area (TPSA) is 58.1 Å². The largest absolute Gasteiger partial charge is 0.341 e. The Morgan fingerprint density at radius 2 is 2.04 bits per heavy atom. The number of halogens is 1. The molecule has 2 heterocycles. The maximum Gasteiger partial charge on any atom is 0.258 e. The quantitative estimate of drug-likeness (QED) is 0.946. The van der Waals surface area contributed by atoms with Gasteiger partial charge >= 0.3 is 0 Å². The molecule has 0 spiro atoms. The highest BCUT2D eigenvalue weighted by atomic mass is 19.1. The van der Waals surface area contributed by atoms with Gasteiger partial charge in [0.15, 0.2) is 0 Å². The number of aromatic nitrogens is 2. The maximum atomic E-state index is 13.6. The second kappa shape index (κ2) is 6.73. The smallest absolute Gasteiger partial charge is 0.258 e. The summed E-state index contributed by atoms with van der Waals surface area (Å²) in [6.07, 6.45) is 5.31. The molecule has 1 amide bonds. The van der Waals surface area contributed by atoms with Gasteiger partial charge in [-0.1, -0.05) is 19.1 Å². The molecule has 6 heteroatoms. The summed E-state index contributed by atoms with van der Waals surface area (Å²) in [5.74, 6) is 0.365. The number of hydrogen-bond donors (Lipinski definition) is 1. The highest BCUT2D eigenvalue weighted by molar-refractivity contribution is 6.03. The Labute approximate surface area is 134 Å². The van der Waals surface area contributed by atoms with Crippen molar-refractivity contribution in [2.75, 3.05) is 23.3 Å². The Bertz CT molecular complexity index is 689. The van der Waals surface area contributed by atoms with Gasteiger partial charge in [0.1, 0.15) is 5.82 Å². The summed E-state index contributed by atoms with van der Waals surface area (Å²) in [4.78, 5) is 22.8. The van der Waals surface area contributed by atoms with E-state index in [4.69, 9.17) is 0 Å². The highest BCUT2D eigenvalue weighted by Gasteiger charge is 2.19. The van der Waals surface area contributed by atoms with Gasteiger partial charge in [-0.05, 0) is 30.9 Å². The molecule has 120 valence electrons. The second-order valence-electron chi connectivity index (χ2n) is 5.90. The van der Waals surface area contributed by atoms with Crippen LogP contribution in [0.4, 0.5) is 16.0 Å². The van der Waals surface area contributed by atoms with Crippen LogP contribution >= 0.6 is 0 Å². The molecular formula is C17H19FN4O. The second-order valence-corrected chi connectivity index (χ2v) is 5.90. The van der Waals surface area contributed by atoms with Crippen LogP contribution in [0.5, 0.6) is 0 Å². The number of benzene rings is 1. The van der Waals surface area contributed by atoms with E-state index in [0.717, 1.165) is 19.5 Å². The van der Waals surface area contributed by atoms with E-state index in [0.29, 0.717) is 17.4 Å². The van der Waals surface area contributed by atoms with Crippen LogP contribution in [0.15, 0.2) is 36.7 Å². The van der Waals surface area contributed by atoms with Gasteiger partial charge < -0.3 is 10.2 Å². The van der Waals surface area contributed by atoms with E-state index in [9.17, 15) is 9.18 Å². The van der Waals surface area contributed by atoms with Crippen LogP contribution in [0, 0.1) is 11.7 Å². The van der Waals surface area contributed by atoms with Gasteiger partial charge in [-0.3, -0.25) is 4.79 Å². The molecule has 0 bridgehead atoms. The summed E-state index contributed by atoms with van der Waals surface area (Å²) in [6.45, 7) is 4.08. The molecule has 1 fully saturated rings. The Kier molecular flexibility index (Phi) is 4.50. The highest BCUT2D eigenvalue weighted by Crippen LogP contribution is 2.20. The Balaban J connectivity index is 1.69. The Morgan fingerprint density at radius 3 is 2.74 bits per heavy atom. The summed E-state index contributed by atoms with van der Waals surface area (Å²) < 4.78 is 13.6. The summed E-state index contributed by atoms with van der Waals surface area (Å²) in [6, 6.07) is 6.04. The number of hydrogen-bond acceptors (Lipinski definition) is 4. The first-order valence-corrected chi connectivity index (χ1v) is 7.76. The van der Waals surface area contributed by atoms with E-state index in [1.807, 2.05) is 0 Å². The molecule has 3 rings (SSSR count). The van der Waals surface area contributed by atoms with Crippen molar-refractivity contribution >= 4 is 17.5 Å². The van der Waals surface area contributed by atoms with Crippen molar-refractivity contribution in [1.29, 1.82) is 0 Å². The zero-order valence-corrected chi connectivity index (χ0v) is 13.0. The third kappa shape index (κ3) is 3.64. The number of carbonyl (C=O) groups is 1. The van der Waals surface area contributed by atoms with E-state index in [2.05, 4.69) is 27.1 Å². The van der Waals surface area contributed by atoms with E-state index in [1.54, 1.807) is 12.1 Å². The third-order valence-corrected chi connectivity index (χ3v) is 3.96. The summed E-state index contributed by atoms with van der Waals surface area (Å²) in [7, 11) is 0. The molecule has 23 heavy (non-hydrogen) atoms. The number of anilines is 2. The molecule has 1 unspecified atom stereocenters. The first-order chi connectivity index (χ1) is 11.1. The number of amides is 1. The first-order valence-electron chi connectivity index (χ1n) is 7.76. The predicted molar refractivity (Wildman–Crippen MR) is 87.0 cm³/mol. The minimum atomic E-state index is -0.472. The molecule has 1 saturated heterocycles. The van der Waals surface area contributed by atoms with E-state index in [1.165, 1.54) is 30.9 Å². The van der Waals surface area contributed by atoms with Crippen molar-refractivity contribution in [3.63, 3.8) is 0 Å². The van der Waals surface area contributed by atoms with E-state index < -0.39 is 11.7 Å². The fraction of sp³-hybridized carbons (Fsp3) is 0.353. The molecule has 0 radical (unpaired) electrons. The molecule has 1 aliphatic heterocycles. The molecule has 1 aromatic carbocycles. The normalized spacial score (nSPS) is 17.8. The molecule has 2 aromatic rings. The average Bonchev–Trinajstić information content (AvgIpc) is 2.57. The van der Waals surface area contributed by atoms with E-state index in [-0.39, 0.29) is 5.69 Å². The third-order valence-electron chi connectivity index (χ3n) is 3.96. The van der Waals surface area contributed by atoms with Crippen LogP contribution in [0.1, 0.15) is 30.1 Å². The number of para-hydroxylation sites is 1. The van der Waals surface area contributed by atoms with Crippen LogP contribution < -0.4 is 10.2 Å². The fourth-order valence-corrected chi connectivity index (χ4v) is 2.73. The van der Waals surface area contributed by atoms with Crippen LogP contribution in [-0.4, -0.2) is 29.0 Å². The molecule has 1 N–H and O–H groups in total. The Hall–Kier alpha value is -2.50. The lowest BCUT2D eigenvalue weighted by molar-refractivity contribution is 0.102. The standard InChI is InChI=1S/C17H19FN4O/c1-12-5-4-8-22(11-12)17-19-9-13(10-20-17)16(23)21-15-7-3-2-6-14(15)18/h2-3,6-7,9-10,12H,4-5,8,11H2,1H3,(H,21,23). The summed E-state index contributed by atoms with van der Waals surface area (Å²) in [5, 5.41) is 2.53. The molecule has 1 aromatic heterocycles. The van der Waals surface area contributed by atoms with Crippen molar-refractivity contribution in [2.24, 2.45) is 5.92 Å². The molecular weight excluding hydrogens is 295 g/mol. The Morgan fingerprint density at radius 1 is 1.30 bits per heavy atom. The number of nitrogens with one attached hydrogen (secondary N) is 1. The van der Waals surface area contributed by atoms with Crippen molar-refractivity contribution in [3.8, 4) is 0 Å². The lowest BCUT2D eigenvalue weighted by Gasteiger charge is -2.30. The zero-order chi connectivity index (χ0) is 16.2. The first kappa shape index (κ1) is 15.4. The van der Waals surface area contributed by atoms with Gasteiger partial charge in [0, 0.05) is 25.5 Å². The lowest BCUT2D eigenvalue weighted by Crippen LogP contribution is -2.35. The maximum absolute atomic E-state index is 13.6. The summed E-state index contributed by atoms with van der Waals surface area (Å²) >= 11 is 0. The van der Waals surface area contributed by atoms with Crippen LogP contribution in [-0.2, 0) is 0 Å². The number of piperidine rings is 1. The minimum Gasteiger partial charge on any atom is -0.341 e. The van der Waals surface area contributed by atoms with Gasteiger partial charge in [-0.2, -0.15) is 0 Å². The van der Waals surface area contributed by atoms with Crippen molar-refractivity contribution < 1.29 is 9.18 Å². The molecule has 0 saturated carbocycles. The molecule has 5 nitrogen and oxygen atoms in total. The van der Waals surface area contributed by atoms with Crippen molar-refractivity contribution in [3.05, 3.63) is 48.0 Å². The van der Waals surface area contributed by atoms with Gasteiger partial charge in [0.2, 0.25) is 5.95 Å². The summed E-state index contributed by atoms with van der Waals surface area (Å²) in [5.41, 5.74) is 0.452. The number of carbonyl (C=O) groups excluding carboxylic acids is 1. The lowest BCUT2D eigenvalue weighted by atomic mass is 10.0. The fourth-order valence-electron chi connectivity index (χ4n) is 2.73. The average molecular weight is 314 g/mol. The van der Waals surface area contributed by atoms with Crippen molar-refractivity contribution in [1.82, 2.24) is 9.97 Å². The number of nitrogens with zero attached hydrogens (tertiary/aromatic N) is 3. The molecule has 0 aliphatic carbocycles. The van der Waals surface area contributed by atoms with Crippen LogP contribution in [0.2, 0.25) is 0 Å². The van der Waals surface area contributed by atoms with E-state index >= 15 is 0 Å².